The number of rotatable bonds is 18. The number of unbranched alkanes of at least 4 members (excludes halogenated alkanes) is 8. The number of hydrogen-bond donors (Lipinski definition) is 1. The molecule has 8 aromatic rings. The lowest BCUT2D eigenvalue weighted by atomic mass is 9.48. The SMILES string of the molecule is CC#CC#CC#CC#CC#CC#CC#CC#CC#CC#CC#CC#CC#CC#CC#CC#CC#CC#CC#CC#CC#CC#CC#CC#CC#CC#CC#CC#CC#CC.CCCCCCCCCCCC1N(c2ccc(O)cc2)CC23C4=c5ccc6c7c5c2c2c5c7c7c8c9c%10c%11c%12c%13c(ccc%14c%13c(c=2c%12c95)C13C=%14C=C4)C%11CCC%10C8CCC67.COC(=O)CCCC(c1ccccc1)(C(C)C)C(C)C. The minimum Gasteiger partial charge on any atom is -0.508 e. The van der Waals surface area contributed by atoms with Crippen LogP contribution in [-0.2, 0) is 25.8 Å². The molecule has 2 spiro atoms. The molecule has 8 aromatic carbocycles. The maximum atomic E-state index is 11.4. The van der Waals surface area contributed by atoms with Gasteiger partial charge in [-0.2, -0.15) is 0 Å². The Balaban J connectivity index is 0.000000163. The van der Waals surface area contributed by atoms with E-state index in [-0.39, 0.29) is 22.2 Å². The first-order valence-corrected chi connectivity index (χ1v) is 47.6. The largest absolute Gasteiger partial charge is 0.508 e. The van der Waals surface area contributed by atoms with E-state index in [2.05, 4.69) is 462 Å². The molecule has 7 atom stereocenters. The number of phenolic OH excluding ortho intramolecular Hbond substituents is 1. The van der Waals surface area contributed by atoms with E-state index in [4.69, 9.17) is 4.74 Å². The van der Waals surface area contributed by atoms with Crippen LogP contribution in [0.15, 0.2) is 91.0 Å². The number of esters is 1. The van der Waals surface area contributed by atoms with Crippen molar-refractivity contribution in [3.63, 3.8) is 0 Å². The van der Waals surface area contributed by atoms with Crippen LogP contribution in [0.1, 0.15) is 231 Å². The van der Waals surface area contributed by atoms with Crippen molar-refractivity contribution in [3.8, 4) is 349 Å². The molecule has 1 fully saturated rings. The molecule has 1 saturated heterocycles. The number of ether oxygens (including phenoxy) is 1. The molecular formula is C137H83NO3. The Bertz CT molecular complexity index is 9100. The smallest absolute Gasteiger partial charge is 0.305 e. The van der Waals surface area contributed by atoms with E-state index in [1.807, 2.05) is 23.3 Å². The maximum Gasteiger partial charge on any atom is 0.305 e. The van der Waals surface area contributed by atoms with Gasteiger partial charge in [0.2, 0.25) is 0 Å². The van der Waals surface area contributed by atoms with Gasteiger partial charge < -0.3 is 14.7 Å². The molecule has 654 valence electrons. The van der Waals surface area contributed by atoms with Crippen LogP contribution in [0.4, 0.5) is 5.69 Å². The molecule has 1 heterocycles. The van der Waals surface area contributed by atoms with E-state index in [9.17, 15) is 9.90 Å². The summed E-state index contributed by atoms with van der Waals surface area (Å²) >= 11 is 0. The standard InChI is InChI=1S/C60H6.C59H49NO.C18H28O2/c1-3-5-7-9-11-13-15-17-19-21-23-25-27-29-31-33-35-37-39-41-43-45-47-49-51-53-55-57-59-60-58-56-54-52-50-48-46-44-42-40-38-36-34-32-30-28-26-24-22-20-18-16-14-12-10-8-6-4-2;1-2-3-4-5-6-7-8-9-10-11-39-59-38-25-24-37-35-22-20-33-31-18-16-29-30-17-19-32-34-21-23-36(38)47-45(34)50-43(32)41(30)48-40(29)42(31)49-44(33)46(35)56(54-52(49)51(48)53(50)55(54)57(47)59)58(37,59)26-60(39)27-12-14-28(61)15-13-27;1-14(2)18(15(3)4,13-9-12-17(19)20-5)16-10-7-6-8-11-16/h1-2H3;12-15,20-25,29-32,39,61H,2-11,16-19,26H2,1H3;6-8,10-11,14-15H,9,12-13H2,1-5H3. The topological polar surface area (TPSA) is 49.8 Å². The first kappa shape index (κ1) is 93.6. The molecule has 0 saturated carbocycles. The molecule has 1 aliphatic heterocycles. The quantitative estimate of drug-likeness (QED) is 0.0403. The van der Waals surface area contributed by atoms with Gasteiger partial charge in [-0.1, -0.05) is 171 Å². The average molecular weight is 1790 g/mol. The number of benzene rings is 8. The van der Waals surface area contributed by atoms with Gasteiger partial charge in [-0.05, 0) is 343 Å². The Morgan fingerprint density at radius 2 is 0.730 bits per heavy atom. The van der Waals surface area contributed by atoms with Crippen LogP contribution in [-0.4, -0.2) is 30.8 Å². The number of fused-ring (bicyclic) bond motifs is 3. The highest BCUT2D eigenvalue weighted by atomic mass is 16.5. The molecule has 0 bridgehead atoms. The van der Waals surface area contributed by atoms with Crippen LogP contribution in [0.25, 0.3) is 65.0 Å². The van der Waals surface area contributed by atoms with Gasteiger partial charge in [0.05, 0.1) is 17.9 Å². The third-order valence-electron chi connectivity index (χ3n) is 28.5. The molecule has 19 rings (SSSR count). The van der Waals surface area contributed by atoms with E-state index in [0.717, 1.165) is 19.4 Å². The third kappa shape index (κ3) is 17.7. The molecule has 11 aliphatic rings. The van der Waals surface area contributed by atoms with Crippen LogP contribution in [0.3, 0.4) is 0 Å². The summed E-state index contributed by atoms with van der Waals surface area (Å²) in [4.78, 5) is 14.3. The molecule has 0 radical (unpaired) electrons. The Kier molecular flexibility index (Phi) is 29.2. The summed E-state index contributed by atoms with van der Waals surface area (Å²) in [6.07, 6.45) is 26.5. The van der Waals surface area contributed by atoms with Crippen LogP contribution in [0, 0.1) is 366 Å². The highest BCUT2D eigenvalue weighted by Crippen LogP contribution is 2.77. The number of carbonyl (C=O) groups is 1. The van der Waals surface area contributed by atoms with Gasteiger partial charge in [-0.3, -0.25) is 4.79 Å². The normalized spacial score (nSPS) is 16.2. The van der Waals surface area contributed by atoms with Crippen molar-refractivity contribution in [3.05, 3.63) is 162 Å². The summed E-state index contributed by atoms with van der Waals surface area (Å²) in [5.74, 6) is 149. The molecule has 0 aromatic heterocycles. The Hall–Kier alpha value is -19.2. The Morgan fingerprint density at radius 3 is 1.11 bits per heavy atom. The van der Waals surface area contributed by atoms with Crippen LogP contribution in [0.5, 0.6) is 5.75 Å². The number of nitrogens with zero attached hydrogens (tertiary/aromatic N) is 1. The zero-order valence-corrected chi connectivity index (χ0v) is 79.6. The van der Waals surface area contributed by atoms with Crippen molar-refractivity contribution in [1.82, 2.24) is 0 Å². The monoisotopic (exact) mass is 1790 g/mol. The predicted molar refractivity (Wildman–Crippen MR) is 569 cm³/mol. The lowest BCUT2D eigenvalue weighted by molar-refractivity contribution is -0.140. The van der Waals surface area contributed by atoms with Crippen molar-refractivity contribution in [2.75, 3.05) is 18.6 Å². The number of allylic oxidation sites excluding steroid dienone is 2. The average Bonchev–Trinajstić information content (AvgIpc) is 1.41. The predicted octanol–water partition coefficient (Wildman–Crippen LogP) is 18.3. The number of anilines is 1. The summed E-state index contributed by atoms with van der Waals surface area (Å²) < 4.78 is 4.75. The number of aromatic hydroxyl groups is 1. The fourth-order valence-electron chi connectivity index (χ4n) is 24.1. The van der Waals surface area contributed by atoms with Crippen LogP contribution >= 0.6 is 0 Å². The minimum absolute atomic E-state index is 0.112. The Morgan fingerprint density at radius 1 is 0.376 bits per heavy atom. The summed E-state index contributed by atoms with van der Waals surface area (Å²) in [5.41, 5.74) is 19.8. The number of methoxy groups -OCH3 is 1. The minimum atomic E-state index is -0.181. The van der Waals surface area contributed by atoms with Crippen LogP contribution in [0.2, 0.25) is 0 Å². The van der Waals surface area contributed by atoms with Crippen molar-refractivity contribution in [2.45, 2.75) is 204 Å². The van der Waals surface area contributed by atoms with Crippen LogP contribution < -0.4 is 15.3 Å². The highest BCUT2D eigenvalue weighted by molar-refractivity contribution is 6.38. The second kappa shape index (κ2) is 43.9. The van der Waals surface area contributed by atoms with Gasteiger partial charge in [0.25, 0.3) is 0 Å². The number of phenols is 1. The molecule has 1 N–H and O–H groups in total. The van der Waals surface area contributed by atoms with Gasteiger partial charge in [0, 0.05) is 273 Å². The molecule has 4 heteroatoms. The maximum absolute atomic E-state index is 11.4. The summed E-state index contributed by atoms with van der Waals surface area (Å²) in [7, 11) is 1.46. The third-order valence-corrected chi connectivity index (χ3v) is 28.5. The second-order valence-electron chi connectivity index (χ2n) is 35.6. The van der Waals surface area contributed by atoms with Crippen molar-refractivity contribution < 1.29 is 14.6 Å². The molecule has 4 nitrogen and oxygen atoms in total. The van der Waals surface area contributed by atoms with E-state index in [1.54, 1.807) is 133 Å². The second-order valence-corrected chi connectivity index (χ2v) is 35.6. The number of hydrogen-bond acceptors (Lipinski definition) is 4. The summed E-state index contributed by atoms with van der Waals surface area (Å²) in [6, 6.07) is 30.0. The first-order chi connectivity index (χ1) is 69.6. The fourth-order valence-corrected chi connectivity index (χ4v) is 24.1. The van der Waals surface area contributed by atoms with Gasteiger partial charge in [-0.25, -0.2) is 0 Å². The lowest BCUT2D eigenvalue weighted by Crippen LogP contribution is -2.55. The summed E-state index contributed by atoms with van der Waals surface area (Å²) in [6.45, 7) is 15.8. The van der Waals surface area contributed by atoms with Gasteiger partial charge >= 0.3 is 5.97 Å². The highest BCUT2D eigenvalue weighted by Gasteiger charge is 2.74. The molecule has 7 unspecified atom stereocenters. The van der Waals surface area contributed by atoms with Crippen molar-refractivity contribution >= 4 is 76.7 Å². The first-order valence-electron chi connectivity index (χ1n) is 47.6. The van der Waals surface area contributed by atoms with Gasteiger partial charge in [-0.15, -0.1) is 0 Å². The van der Waals surface area contributed by atoms with E-state index >= 15 is 0 Å². The Labute approximate surface area is 830 Å². The van der Waals surface area contributed by atoms with E-state index in [1.165, 1.54) is 108 Å². The lowest BCUT2D eigenvalue weighted by Gasteiger charge is -2.52. The fraction of sp³-hybridized carbons (Fsp3) is 0.263. The molecular weight excluding hydrogens is 1710 g/mol. The van der Waals surface area contributed by atoms with E-state index < -0.39 is 0 Å². The van der Waals surface area contributed by atoms with Gasteiger partial charge in [0.1, 0.15) is 5.75 Å². The number of carbonyl (C=O) groups excluding carboxylic acids is 1. The zero-order chi connectivity index (χ0) is 97.3. The molecule has 141 heavy (non-hydrogen) atoms. The zero-order valence-electron chi connectivity index (χ0n) is 79.6. The molecule has 0 amide bonds. The molecule has 10 aliphatic carbocycles. The summed E-state index contributed by atoms with van der Waals surface area (Å²) in [5, 5.41) is 34.2. The van der Waals surface area contributed by atoms with Crippen molar-refractivity contribution in [2.24, 2.45) is 11.8 Å². The van der Waals surface area contributed by atoms with E-state index in [0.29, 0.717) is 53.7 Å². The van der Waals surface area contributed by atoms with Crippen molar-refractivity contribution in [1.29, 1.82) is 0 Å². The van der Waals surface area contributed by atoms with Gasteiger partial charge in [0.15, 0.2) is 0 Å².